The third-order valence-corrected chi connectivity index (χ3v) is 2.97. The third-order valence-electron chi connectivity index (χ3n) is 2.97. The molecule has 1 heterocycles. The molecule has 0 amide bonds. The average molecular weight is 290 g/mol. The summed E-state index contributed by atoms with van der Waals surface area (Å²) in [6.45, 7) is 2.30. The molecule has 0 aromatic heterocycles. The zero-order chi connectivity index (χ0) is 15.3. The second-order valence-corrected chi connectivity index (χ2v) is 4.78. The summed E-state index contributed by atoms with van der Waals surface area (Å²) in [5.74, 6) is -4.25. The van der Waals surface area contributed by atoms with E-state index in [0.717, 1.165) is 0 Å². The Morgan fingerprint density at radius 3 is 2.10 bits per heavy atom. The normalized spacial score (nSPS) is 20.1. The predicted octanol–water partition coefficient (Wildman–Crippen LogP) is -1.63. The van der Waals surface area contributed by atoms with Gasteiger partial charge >= 0.3 is 17.9 Å². The lowest BCUT2D eigenvalue weighted by Crippen LogP contribution is -2.47. The Bertz CT molecular complexity index is 392. The Kier molecular flexibility index (Phi) is 5.43. The molecule has 1 aliphatic rings. The summed E-state index contributed by atoms with van der Waals surface area (Å²) in [6.07, 6.45) is -1.98. The molecule has 0 spiro atoms. The molecule has 1 saturated heterocycles. The van der Waals surface area contributed by atoms with Gasteiger partial charge in [0.25, 0.3) is 0 Å². The summed E-state index contributed by atoms with van der Waals surface area (Å²) in [5.41, 5.74) is -2.66. The average Bonchev–Trinajstić information content (AvgIpc) is 2.30. The number of hydrogen-bond donors (Lipinski definition) is 3. The van der Waals surface area contributed by atoms with E-state index in [1.54, 1.807) is 0 Å². The topological polar surface area (TPSA) is 128 Å². The Morgan fingerprint density at radius 1 is 1.10 bits per heavy atom. The van der Waals surface area contributed by atoms with Crippen LogP contribution in [0.25, 0.3) is 0 Å². The molecule has 1 atom stereocenters. The summed E-state index contributed by atoms with van der Waals surface area (Å²) in [5, 5.41) is 28.5. The van der Waals surface area contributed by atoms with E-state index in [0.29, 0.717) is 26.2 Å². The number of carboxylic acid groups (broad SMARTS) is 2. The van der Waals surface area contributed by atoms with Crippen molar-refractivity contribution in [2.75, 3.05) is 33.2 Å². The number of hydroxylamine groups is 2. The molecule has 1 aliphatic heterocycles. The van der Waals surface area contributed by atoms with Crippen LogP contribution in [0.15, 0.2) is 0 Å². The second kappa shape index (κ2) is 6.64. The van der Waals surface area contributed by atoms with Crippen LogP contribution in [0.4, 0.5) is 0 Å². The van der Waals surface area contributed by atoms with Gasteiger partial charge in [-0.2, -0.15) is 0 Å². The lowest BCUT2D eigenvalue weighted by atomic mass is 9.96. The fourth-order valence-corrected chi connectivity index (χ4v) is 1.76. The number of aliphatic hydroxyl groups is 1. The smallest absolute Gasteiger partial charge is 0.336 e. The van der Waals surface area contributed by atoms with E-state index in [1.165, 1.54) is 5.06 Å². The minimum Gasteiger partial charge on any atom is -0.481 e. The van der Waals surface area contributed by atoms with Gasteiger partial charge in [-0.1, -0.05) is 0 Å². The Hall–Kier alpha value is -1.71. The maximum absolute atomic E-state index is 11.6. The van der Waals surface area contributed by atoms with Crippen LogP contribution in [0.1, 0.15) is 12.8 Å². The van der Waals surface area contributed by atoms with Gasteiger partial charge in [0.1, 0.15) is 0 Å². The van der Waals surface area contributed by atoms with E-state index in [9.17, 15) is 19.5 Å². The van der Waals surface area contributed by atoms with E-state index in [4.69, 9.17) is 15.1 Å². The lowest BCUT2D eigenvalue weighted by Gasteiger charge is -2.31. The largest absolute Gasteiger partial charge is 0.481 e. The van der Waals surface area contributed by atoms with Gasteiger partial charge in [0.2, 0.25) is 0 Å². The maximum atomic E-state index is 11.6. The van der Waals surface area contributed by atoms with Crippen molar-refractivity contribution in [3.8, 4) is 0 Å². The molecule has 9 heteroatoms. The highest BCUT2D eigenvalue weighted by Crippen LogP contribution is 2.17. The van der Waals surface area contributed by atoms with Crippen LogP contribution < -0.4 is 0 Å². The number of piperazine rings is 1. The minimum absolute atomic E-state index is 0.465. The monoisotopic (exact) mass is 290 g/mol. The second-order valence-electron chi connectivity index (χ2n) is 4.78. The molecule has 20 heavy (non-hydrogen) atoms. The number of carbonyl (C=O) groups is 3. The quantitative estimate of drug-likeness (QED) is 0.528. The molecule has 1 rings (SSSR count). The molecule has 0 aromatic carbocycles. The molecule has 1 unspecified atom stereocenters. The van der Waals surface area contributed by atoms with Gasteiger partial charge < -0.3 is 25.1 Å². The molecule has 9 nitrogen and oxygen atoms in total. The van der Waals surface area contributed by atoms with Gasteiger partial charge in [0.15, 0.2) is 5.60 Å². The van der Waals surface area contributed by atoms with Crippen LogP contribution in [0.5, 0.6) is 0 Å². The van der Waals surface area contributed by atoms with Crippen molar-refractivity contribution < 1.29 is 34.5 Å². The fourth-order valence-electron chi connectivity index (χ4n) is 1.76. The molecular formula is C11H18N2O7. The summed E-state index contributed by atoms with van der Waals surface area (Å²) in [4.78, 5) is 40.0. The van der Waals surface area contributed by atoms with Gasteiger partial charge in [-0.15, -0.1) is 5.06 Å². The van der Waals surface area contributed by atoms with Gasteiger partial charge in [-0.05, 0) is 7.05 Å². The molecule has 114 valence electrons. The van der Waals surface area contributed by atoms with Crippen molar-refractivity contribution in [2.45, 2.75) is 18.4 Å². The van der Waals surface area contributed by atoms with Crippen molar-refractivity contribution in [3.63, 3.8) is 0 Å². The number of nitrogens with zero attached hydrogens (tertiary/aromatic N) is 2. The number of carboxylic acids is 2. The fraction of sp³-hybridized carbons (Fsp3) is 0.727. The van der Waals surface area contributed by atoms with E-state index in [-0.39, 0.29) is 0 Å². The molecule has 0 saturated carbocycles. The SMILES string of the molecule is CN1CCN(OC(=O)CC(O)(CC(=O)O)C(=O)O)CC1. The zero-order valence-corrected chi connectivity index (χ0v) is 11.1. The first-order valence-corrected chi connectivity index (χ1v) is 6.05. The molecular weight excluding hydrogens is 272 g/mol. The highest BCUT2D eigenvalue weighted by atomic mass is 16.7. The number of carbonyl (C=O) groups excluding carboxylic acids is 1. The van der Waals surface area contributed by atoms with Gasteiger partial charge in [0, 0.05) is 26.2 Å². The van der Waals surface area contributed by atoms with E-state index >= 15 is 0 Å². The van der Waals surface area contributed by atoms with Crippen LogP contribution in [0.2, 0.25) is 0 Å². The summed E-state index contributed by atoms with van der Waals surface area (Å²) < 4.78 is 0. The zero-order valence-electron chi connectivity index (χ0n) is 11.1. The first-order chi connectivity index (χ1) is 9.23. The Morgan fingerprint density at radius 2 is 1.65 bits per heavy atom. The van der Waals surface area contributed by atoms with Gasteiger partial charge in [0.05, 0.1) is 12.8 Å². The van der Waals surface area contributed by atoms with Crippen molar-refractivity contribution in [2.24, 2.45) is 0 Å². The lowest BCUT2D eigenvalue weighted by molar-refractivity contribution is -0.204. The van der Waals surface area contributed by atoms with Crippen LogP contribution in [-0.2, 0) is 19.2 Å². The first kappa shape index (κ1) is 16.3. The highest BCUT2D eigenvalue weighted by molar-refractivity contribution is 5.88. The molecule has 0 bridgehead atoms. The molecule has 0 radical (unpaired) electrons. The predicted molar refractivity (Wildman–Crippen MR) is 64.6 cm³/mol. The third kappa shape index (κ3) is 4.76. The van der Waals surface area contributed by atoms with Crippen molar-refractivity contribution >= 4 is 17.9 Å². The first-order valence-electron chi connectivity index (χ1n) is 6.05. The van der Waals surface area contributed by atoms with E-state index in [1.807, 2.05) is 11.9 Å². The Balaban J connectivity index is 2.54. The van der Waals surface area contributed by atoms with Crippen LogP contribution in [0, 0.1) is 0 Å². The number of aliphatic carboxylic acids is 2. The molecule has 1 fully saturated rings. The van der Waals surface area contributed by atoms with Gasteiger partial charge in [-0.25, -0.2) is 4.79 Å². The summed E-state index contributed by atoms with van der Waals surface area (Å²) in [7, 11) is 1.91. The summed E-state index contributed by atoms with van der Waals surface area (Å²) >= 11 is 0. The van der Waals surface area contributed by atoms with Crippen molar-refractivity contribution in [1.82, 2.24) is 9.96 Å². The van der Waals surface area contributed by atoms with Crippen LogP contribution in [0.3, 0.4) is 0 Å². The van der Waals surface area contributed by atoms with Gasteiger partial charge in [-0.3, -0.25) is 9.59 Å². The Labute approximate surface area is 115 Å². The highest BCUT2D eigenvalue weighted by Gasteiger charge is 2.42. The van der Waals surface area contributed by atoms with Crippen LogP contribution in [-0.4, -0.2) is 82.0 Å². The maximum Gasteiger partial charge on any atom is 0.336 e. The minimum atomic E-state index is -2.66. The number of likely N-dealkylation sites (N-methyl/N-ethyl adjacent to an activating group) is 1. The van der Waals surface area contributed by atoms with Crippen molar-refractivity contribution in [1.29, 1.82) is 0 Å². The molecule has 0 aliphatic carbocycles. The van der Waals surface area contributed by atoms with E-state index < -0.39 is 36.4 Å². The van der Waals surface area contributed by atoms with E-state index in [2.05, 4.69) is 0 Å². The summed E-state index contributed by atoms with van der Waals surface area (Å²) in [6, 6.07) is 0. The van der Waals surface area contributed by atoms with Crippen molar-refractivity contribution in [3.05, 3.63) is 0 Å². The van der Waals surface area contributed by atoms with Crippen LogP contribution >= 0.6 is 0 Å². The molecule has 3 N–H and O–H groups in total. The number of rotatable bonds is 6. The standard InChI is InChI=1S/C11H18N2O7/c1-12-2-4-13(5-3-12)20-9(16)7-11(19,10(17)18)6-8(14)15/h19H,2-7H2,1H3,(H,14,15)(H,17,18). The molecule has 0 aromatic rings. The number of hydrogen-bond acceptors (Lipinski definition) is 7.